The van der Waals surface area contributed by atoms with Gasteiger partial charge >= 0.3 is 0 Å². The molecule has 1 aromatic carbocycles. The van der Waals surface area contributed by atoms with Crippen molar-refractivity contribution in [3.05, 3.63) is 29.6 Å². The highest BCUT2D eigenvalue weighted by molar-refractivity contribution is 5.49. The molecule has 0 saturated heterocycles. The van der Waals surface area contributed by atoms with Crippen LogP contribution in [0.2, 0.25) is 0 Å². The highest BCUT2D eigenvalue weighted by Crippen LogP contribution is 2.45. The van der Waals surface area contributed by atoms with Gasteiger partial charge in [0, 0.05) is 5.69 Å². The summed E-state index contributed by atoms with van der Waals surface area (Å²) in [6.45, 7) is 6.32. The maximum Gasteiger partial charge on any atom is 0.125 e. The predicted molar refractivity (Wildman–Crippen MR) is 76.8 cm³/mol. The minimum Gasteiger partial charge on any atom is -0.394 e. The highest BCUT2D eigenvalue weighted by Gasteiger charge is 2.46. The lowest BCUT2D eigenvalue weighted by Crippen LogP contribution is -2.56. The quantitative estimate of drug-likeness (QED) is 0.869. The maximum atomic E-state index is 13.5. The van der Waals surface area contributed by atoms with Crippen molar-refractivity contribution in [3.8, 4) is 0 Å². The van der Waals surface area contributed by atoms with Crippen molar-refractivity contribution in [3.63, 3.8) is 0 Å². The van der Waals surface area contributed by atoms with Gasteiger partial charge in [0.15, 0.2) is 0 Å². The fourth-order valence-corrected chi connectivity index (χ4v) is 3.22. The van der Waals surface area contributed by atoms with E-state index in [9.17, 15) is 9.50 Å². The van der Waals surface area contributed by atoms with E-state index in [4.69, 9.17) is 0 Å². The van der Waals surface area contributed by atoms with Gasteiger partial charge in [0.25, 0.3) is 0 Å². The Bertz CT molecular complexity index is 438. The molecule has 19 heavy (non-hydrogen) atoms. The molecule has 0 heterocycles. The first-order valence-corrected chi connectivity index (χ1v) is 7.05. The molecule has 1 aliphatic carbocycles. The van der Waals surface area contributed by atoms with Crippen LogP contribution in [0.5, 0.6) is 0 Å². The van der Waals surface area contributed by atoms with Crippen LogP contribution in [0, 0.1) is 18.2 Å². The third kappa shape index (κ3) is 2.76. The topological polar surface area (TPSA) is 32.3 Å². The fraction of sp³-hybridized carbons (Fsp3) is 0.625. The summed E-state index contributed by atoms with van der Waals surface area (Å²) in [5.74, 6) is -0.232. The first-order chi connectivity index (χ1) is 8.88. The van der Waals surface area contributed by atoms with Crippen molar-refractivity contribution in [2.75, 3.05) is 11.9 Å². The van der Waals surface area contributed by atoms with Gasteiger partial charge in [0.05, 0.1) is 12.1 Å². The van der Waals surface area contributed by atoms with Crippen molar-refractivity contribution in [1.29, 1.82) is 0 Å². The van der Waals surface area contributed by atoms with E-state index in [1.165, 1.54) is 18.6 Å². The van der Waals surface area contributed by atoms with Crippen molar-refractivity contribution >= 4 is 5.69 Å². The zero-order valence-electron chi connectivity index (χ0n) is 12.1. The second-order valence-electron chi connectivity index (χ2n) is 6.47. The summed E-state index contributed by atoms with van der Waals surface area (Å²) in [6, 6.07) is 4.96. The predicted octanol–water partition coefficient (Wildman–Crippen LogP) is 3.88. The average Bonchev–Trinajstić information content (AvgIpc) is 2.30. The van der Waals surface area contributed by atoms with Crippen LogP contribution in [0.15, 0.2) is 18.2 Å². The highest BCUT2D eigenvalue weighted by atomic mass is 19.1. The average molecular weight is 265 g/mol. The molecule has 2 nitrogen and oxygen atoms in total. The van der Waals surface area contributed by atoms with E-state index in [1.807, 2.05) is 13.0 Å². The Morgan fingerprint density at radius 1 is 1.21 bits per heavy atom. The molecular formula is C16H24FNO. The Hall–Kier alpha value is -1.09. The number of nitrogens with one attached hydrogen (secondary N) is 1. The Morgan fingerprint density at radius 3 is 2.47 bits per heavy atom. The SMILES string of the molecule is Cc1cc(F)cc(NC2(CO)CCCCC2(C)C)c1. The van der Waals surface area contributed by atoms with E-state index < -0.39 is 0 Å². The van der Waals surface area contributed by atoms with Crippen molar-refractivity contribution in [1.82, 2.24) is 0 Å². The number of hydrogen-bond acceptors (Lipinski definition) is 2. The zero-order valence-corrected chi connectivity index (χ0v) is 12.1. The Kier molecular flexibility index (Phi) is 3.86. The van der Waals surface area contributed by atoms with Crippen LogP contribution in [0.3, 0.4) is 0 Å². The molecule has 1 aliphatic rings. The number of aryl methyl sites for hydroxylation is 1. The fourth-order valence-electron chi connectivity index (χ4n) is 3.22. The Labute approximate surface area is 115 Å². The summed E-state index contributed by atoms with van der Waals surface area (Å²) in [6.07, 6.45) is 4.30. The third-order valence-corrected chi connectivity index (χ3v) is 4.65. The van der Waals surface area contributed by atoms with Crippen molar-refractivity contribution in [2.45, 2.75) is 52.0 Å². The van der Waals surface area contributed by atoms with E-state index in [2.05, 4.69) is 19.2 Å². The molecule has 0 aromatic heterocycles. The van der Waals surface area contributed by atoms with Crippen molar-refractivity contribution < 1.29 is 9.50 Å². The Morgan fingerprint density at radius 2 is 1.89 bits per heavy atom. The first-order valence-electron chi connectivity index (χ1n) is 7.05. The van der Waals surface area contributed by atoms with E-state index in [0.29, 0.717) is 0 Å². The number of aliphatic hydroxyl groups is 1. The van der Waals surface area contributed by atoms with Gasteiger partial charge in [-0.25, -0.2) is 4.39 Å². The molecule has 0 amide bonds. The van der Waals surface area contributed by atoms with Gasteiger partial charge in [0.2, 0.25) is 0 Å². The van der Waals surface area contributed by atoms with Crippen LogP contribution in [0.25, 0.3) is 0 Å². The van der Waals surface area contributed by atoms with Crippen LogP contribution >= 0.6 is 0 Å². The second-order valence-corrected chi connectivity index (χ2v) is 6.47. The summed E-state index contributed by atoms with van der Waals surface area (Å²) < 4.78 is 13.5. The van der Waals surface area contributed by atoms with Gasteiger partial charge in [-0.1, -0.05) is 26.7 Å². The summed E-state index contributed by atoms with van der Waals surface area (Å²) in [5.41, 5.74) is 1.30. The maximum absolute atomic E-state index is 13.5. The molecule has 1 saturated carbocycles. The molecule has 106 valence electrons. The summed E-state index contributed by atoms with van der Waals surface area (Å²) >= 11 is 0. The van der Waals surface area contributed by atoms with Gasteiger partial charge in [0.1, 0.15) is 5.82 Å². The molecule has 0 aliphatic heterocycles. The molecule has 1 atom stereocenters. The number of rotatable bonds is 3. The zero-order chi connectivity index (χ0) is 14.1. The largest absolute Gasteiger partial charge is 0.394 e. The molecule has 3 heteroatoms. The van der Waals surface area contributed by atoms with Crippen molar-refractivity contribution in [2.24, 2.45) is 5.41 Å². The smallest absolute Gasteiger partial charge is 0.125 e. The molecule has 0 spiro atoms. The molecule has 1 aromatic rings. The lowest BCUT2D eigenvalue weighted by Gasteiger charge is -2.50. The van der Waals surface area contributed by atoms with E-state index in [-0.39, 0.29) is 23.4 Å². The second kappa shape index (κ2) is 5.12. The number of benzene rings is 1. The summed E-state index contributed by atoms with van der Waals surface area (Å²) in [5, 5.41) is 13.3. The van der Waals surface area contributed by atoms with Crippen LogP contribution in [0.4, 0.5) is 10.1 Å². The lowest BCUT2D eigenvalue weighted by atomic mass is 9.63. The summed E-state index contributed by atoms with van der Waals surface area (Å²) in [7, 11) is 0. The van der Waals surface area contributed by atoms with E-state index in [1.54, 1.807) is 0 Å². The normalized spacial score (nSPS) is 26.2. The monoisotopic (exact) mass is 265 g/mol. The minimum absolute atomic E-state index is 0.000221. The van der Waals surface area contributed by atoms with Gasteiger partial charge in [-0.3, -0.25) is 0 Å². The number of aliphatic hydroxyl groups excluding tert-OH is 1. The van der Waals surface area contributed by atoms with Crippen LogP contribution in [-0.2, 0) is 0 Å². The molecule has 2 rings (SSSR count). The van der Waals surface area contributed by atoms with E-state index >= 15 is 0 Å². The van der Waals surface area contributed by atoms with E-state index in [0.717, 1.165) is 30.5 Å². The molecule has 1 unspecified atom stereocenters. The van der Waals surface area contributed by atoms with Gasteiger partial charge in [-0.15, -0.1) is 0 Å². The molecule has 1 fully saturated rings. The van der Waals surface area contributed by atoms with Crippen LogP contribution < -0.4 is 5.32 Å². The van der Waals surface area contributed by atoms with Gasteiger partial charge in [-0.2, -0.15) is 0 Å². The van der Waals surface area contributed by atoms with Gasteiger partial charge < -0.3 is 10.4 Å². The standard InChI is InChI=1S/C16H24FNO/c1-12-8-13(17)10-14(9-12)18-16(11-19)7-5-4-6-15(16,2)3/h8-10,18-19H,4-7,11H2,1-3H3. The number of halogens is 1. The number of anilines is 1. The van der Waals surface area contributed by atoms with Crippen LogP contribution in [0.1, 0.15) is 45.1 Å². The molecule has 0 radical (unpaired) electrons. The Balaban J connectivity index is 2.31. The third-order valence-electron chi connectivity index (χ3n) is 4.65. The lowest BCUT2D eigenvalue weighted by molar-refractivity contribution is 0.0580. The molecular weight excluding hydrogens is 241 g/mol. The molecule has 2 N–H and O–H groups in total. The summed E-state index contributed by atoms with van der Waals surface area (Å²) in [4.78, 5) is 0. The van der Waals surface area contributed by atoms with Gasteiger partial charge in [-0.05, 0) is 48.9 Å². The first kappa shape index (κ1) is 14.3. The number of hydrogen-bond donors (Lipinski definition) is 2. The molecule has 0 bridgehead atoms. The van der Waals surface area contributed by atoms with Crippen LogP contribution in [-0.4, -0.2) is 17.3 Å². The minimum atomic E-state index is -0.356.